The van der Waals surface area contributed by atoms with Crippen molar-refractivity contribution in [3.05, 3.63) is 34.3 Å². The minimum atomic E-state index is -4.13. The van der Waals surface area contributed by atoms with Crippen molar-refractivity contribution in [2.75, 3.05) is 39.3 Å². The summed E-state index contributed by atoms with van der Waals surface area (Å²) in [4.78, 5) is 3.61. The van der Waals surface area contributed by atoms with Gasteiger partial charge in [-0.2, -0.15) is 13.2 Å². The molecule has 1 fully saturated rings. The summed E-state index contributed by atoms with van der Waals surface area (Å²) >= 11 is 3.43. The van der Waals surface area contributed by atoms with Gasteiger partial charge >= 0.3 is 6.18 Å². The minimum Gasteiger partial charge on any atom is -0.329 e. The van der Waals surface area contributed by atoms with Crippen molar-refractivity contribution in [1.29, 1.82) is 0 Å². The summed E-state index contributed by atoms with van der Waals surface area (Å²) < 4.78 is 38.2. The van der Waals surface area contributed by atoms with Crippen molar-refractivity contribution in [3.8, 4) is 0 Å². The average Bonchev–Trinajstić information content (AvgIpc) is 2.40. The van der Waals surface area contributed by atoms with Crippen LogP contribution in [0.5, 0.6) is 0 Å². The predicted molar refractivity (Wildman–Crippen MR) is 80.0 cm³/mol. The van der Waals surface area contributed by atoms with Gasteiger partial charge in [-0.15, -0.1) is 0 Å². The number of hydrogen-bond donors (Lipinski definition) is 1. The van der Waals surface area contributed by atoms with Gasteiger partial charge in [0.25, 0.3) is 0 Å². The molecule has 0 saturated carbocycles. The van der Waals surface area contributed by atoms with E-state index in [4.69, 9.17) is 5.73 Å². The molecule has 0 amide bonds. The maximum absolute atomic E-state index is 12.4. The molecule has 2 rings (SSSR count). The summed E-state index contributed by atoms with van der Waals surface area (Å²) in [6.45, 7) is 1.67. The first-order chi connectivity index (χ1) is 9.89. The van der Waals surface area contributed by atoms with Crippen LogP contribution >= 0.6 is 15.9 Å². The lowest BCUT2D eigenvalue weighted by molar-refractivity contribution is -0.149. The Balaban J connectivity index is 1.96. The Bertz CT molecular complexity index is 459. The second-order valence-corrected chi connectivity index (χ2v) is 6.15. The highest BCUT2D eigenvalue weighted by atomic mass is 79.9. The summed E-state index contributed by atoms with van der Waals surface area (Å²) in [5.74, 6) is 0. The van der Waals surface area contributed by atoms with E-state index < -0.39 is 12.7 Å². The zero-order chi connectivity index (χ0) is 15.5. The molecular weight excluding hydrogens is 347 g/mol. The van der Waals surface area contributed by atoms with Gasteiger partial charge in [0.05, 0.1) is 6.54 Å². The SMILES string of the molecule is NCC(c1cccc(Br)c1)N1CCN(CC(F)(F)F)CC1. The van der Waals surface area contributed by atoms with Crippen LogP contribution in [0.25, 0.3) is 0 Å². The lowest BCUT2D eigenvalue weighted by Gasteiger charge is -2.39. The smallest absolute Gasteiger partial charge is 0.329 e. The van der Waals surface area contributed by atoms with E-state index in [1.807, 2.05) is 24.3 Å². The van der Waals surface area contributed by atoms with Gasteiger partial charge in [0.2, 0.25) is 0 Å². The van der Waals surface area contributed by atoms with Crippen LogP contribution in [0.4, 0.5) is 13.2 Å². The standard InChI is InChI=1S/C14H19BrF3N3/c15-12-3-1-2-11(8-12)13(9-19)21-6-4-20(5-7-21)10-14(16,17)18/h1-3,8,13H,4-7,9-10,19H2. The number of halogens is 4. The number of rotatable bonds is 4. The lowest BCUT2D eigenvalue weighted by Crippen LogP contribution is -2.51. The lowest BCUT2D eigenvalue weighted by atomic mass is 10.0. The van der Waals surface area contributed by atoms with Crippen LogP contribution in [0, 0.1) is 0 Å². The summed E-state index contributed by atoms with van der Waals surface area (Å²) in [7, 11) is 0. The van der Waals surface area contributed by atoms with Gasteiger partial charge in [-0.05, 0) is 17.7 Å². The molecule has 7 heteroatoms. The van der Waals surface area contributed by atoms with Crippen LogP contribution in [-0.2, 0) is 0 Å². The van der Waals surface area contributed by atoms with Crippen LogP contribution in [0.15, 0.2) is 28.7 Å². The molecule has 118 valence electrons. The quantitative estimate of drug-likeness (QED) is 0.890. The Hall–Kier alpha value is -0.630. The third kappa shape index (κ3) is 4.95. The Morgan fingerprint density at radius 2 is 1.86 bits per heavy atom. The third-order valence-electron chi connectivity index (χ3n) is 3.71. The summed E-state index contributed by atoms with van der Waals surface area (Å²) in [6.07, 6.45) is -4.13. The van der Waals surface area contributed by atoms with E-state index in [-0.39, 0.29) is 6.04 Å². The first-order valence-electron chi connectivity index (χ1n) is 6.88. The van der Waals surface area contributed by atoms with Crippen LogP contribution < -0.4 is 5.73 Å². The molecule has 1 aliphatic heterocycles. The van der Waals surface area contributed by atoms with Crippen LogP contribution in [-0.4, -0.2) is 55.2 Å². The van der Waals surface area contributed by atoms with E-state index in [2.05, 4.69) is 20.8 Å². The number of nitrogens with zero attached hydrogens (tertiary/aromatic N) is 2. The van der Waals surface area contributed by atoms with E-state index in [1.165, 1.54) is 4.90 Å². The molecular formula is C14H19BrF3N3. The summed E-state index contributed by atoms with van der Waals surface area (Å²) in [5, 5.41) is 0. The van der Waals surface area contributed by atoms with Crippen molar-refractivity contribution < 1.29 is 13.2 Å². The maximum atomic E-state index is 12.4. The molecule has 1 heterocycles. The normalized spacial score (nSPS) is 19.7. The Morgan fingerprint density at radius 1 is 1.19 bits per heavy atom. The maximum Gasteiger partial charge on any atom is 0.401 e. The number of alkyl halides is 3. The van der Waals surface area contributed by atoms with Gasteiger partial charge in [-0.3, -0.25) is 9.80 Å². The van der Waals surface area contributed by atoms with Crippen molar-refractivity contribution in [2.45, 2.75) is 12.2 Å². The highest BCUT2D eigenvalue weighted by molar-refractivity contribution is 9.10. The average molecular weight is 366 g/mol. The zero-order valence-electron chi connectivity index (χ0n) is 11.6. The molecule has 0 aromatic heterocycles. The van der Waals surface area contributed by atoms with E-state index in [1.54, 1.807) is 0 Å². The topological polar surface area (TPSA) is 32.5 Å². The Kier molecular flexibility index (Phi) is 5.65. The molecule has 1 saturated heterocycles. The molecule has 0 bridgehead atoms. The molecule has 1 unspecified atom stereocenters. The zero-order valence-corrected chi connectivity index (χ0v) is 13.2. The predicted octanol–water partition coefficient (Wildman–Crippen LogP) is 2.63. The molecule has 2 N–H and O–H groups in total. The van der Waals surface area contributed by atoms with Gasteiger partial charge in [-0.1, -0.05) is 28.1 Å². The van der Waals surface area contributed by atoms with Gasteiger partial charge < -0.3 is 5.73 Å². The molecule has 21 heavy (non-hydrogen) atoms. The van der Waals surface area contributed by atoms with Crippen molar-refractivity contribution in [1.82, 2.24) is 9.80 Å². The fraction of sp³-hybridized carbons (Fsp3) is 0.571. The molecule has 0 radical (unpaired) electrons. The van der Waals surface area contributed by atoms with E-state index in [0.29, 0.717) is 32.7 Å². The fourth-order valence-corrected chi connectivity index (χ4v) is 3.11. The molecule has 1 aromatic carbocycles. The molecule has 0 aliphatic carbocycles. The van der Waals surface area contributed by atoms with Crippen molar-refractivity contribution >= 4 is 15.9 Å². The van der Waals surface area contributed by atoms with Crippen LogP contribution in [0.3, 0.4) is 0 Å². The second-order valence-electron chi connectivity index (χ2n) is 5.23. The van der Waals surface area contributed by atoms with Crippen LogP contribution in [0.2, 0.25) is 0 Å². The first kappa shape index (κ1) is 16.7. The van der Waals surface area contributed by atoms with Crippen LogP contribution in [0.1, 0.15) is 11.6 Å². The molecule has 1 aliphatic rings. The first-order valence-corrected chi connectivity index (χ1v) is 7.67. The van der Waals surface area contributed by atoms with E-state index in [9.17, 15) is 13.2 Å². The fourth-order valence-electron chi connectivity index (χ4n) is 2.70. The van der Waals surface area contributed by atoms with E-state index in [0.717, 1.165) is 10.0 Å². The monoisotopic (exact) mass is 365 g/mol. The summed E-state index contributed by atoms with van der Waals surface area (Å²) in [6, 6.07) is 7.96. The highest BCUT2D eigenvalue weighted by Gasteiger charge is 2.33. The van der Waals surface area contributed by atoms with Crippen molar-refractivity contribution in [2.24, 2.45) is 5.73 Å². The molecule has 1 atom stereocenters. The van der Waals surface area contributed by atoms with Crippen molar-refractivity contribution in [3.63, 3.8) is 0 Å². The Morgan fingerprint density at radius 3 is 2.38 bits per heavy atom. The largest absolute Gasteiger partial charge is 0.401 e. The molecule has 3 nitrogen and oxygen atoms in total. The molecule has 0 spiro atoms. The number of piperazine rings is 1. The number of hydrogen-bond acceptors (Lipinski definition) is 3. The minimum absolute atomic E-state index is 0.0514. The van der Waals surface area contributed by atoms with Gasteiger partial charge in [0, 0.05) is 43.2 Å². The Labute approximate surface area is 131 Å². The van der Waals surface area contributed by atoms with Gasteiger partial charge in [0.1, 0.15) is 0 Å². The second kappa shape index (κ2) is 7.09. The summed E-state index contributed by atoms with van der Waals surface area (Å²) in [5.41, 5.74) is 6.97. The number of benzene rings is 1. The van der Waals surface area contributed by atoms with Gasteiger partial charge in [0.15, 0.2) is 0 Å². The number of nitrogens with two attached hydrogens (primary N) is 1. The highest BCUT2D eigenvalue weighted by Crippen LogP contribution is 2.25. The van der Waals surface area contributed by atoms with Gasteiger partial charge in [-0.25, -0.2) is 0 Å². The third-order valence-corrected chi connectivity index (χ3v) is 4.20. The van der Waals surface area contributed by atoms with E-state index >= 15 is 0 Å². The molecule has 1 aromatic rings.